The number of nitrogens with zero attached hydrogens (tertiary/aromatic N) is 2. The van der Waals surface area contributed by atoms with Gasteiger partial charge in [0.15, 0.2) is 0 Å². The van der Waals surface area contributed by atoms with Crippen molar-refractivity contribution < 1.29 is 9.47 Å². The van der Waals surface area contributed by atoms with E-state index >= 15 is 0 Å². The summed E-state index contributed by atoms with van der Waals surface area (Å²) in [6.07, 6.45) is 0. The van der Waals surface area contributed by atoms with Crippen LogP contribution in [-0.2, 0) is 0 Å². The lowest BCUT2D eigenvalue weighted by Gasteiger charge is -2.02. The van der Waals surface area contributed by atoms with Crippen LogP contribution in [-0.4, -0.2) is 24.2 Å². The second-order valence-corrected chi connectivity index (χ2v) is 2.00. The molecular weight excluding hydrogens is 144 g/mol. The number of hydrogen-bond acceptors (Lipinski definition) is 4. The minimum absolute atomic E-state index is 0.523. The van der Waals surface area contributed by atoms with Crippen LogP contribution < -0.4 is 9.47 Å². The molecule has 4 heteroatoms. The van der Waals surface area contributed by atoms with Crippen molar-refractivity contribution >= 4 is 0 Å². The molecule has 0 spiro atoms. The Hall–Kier alpha value is -1.32. The van der Waals surface area contributed by atoms with Crippen LogP contribution >= 0.6 is 0 Å². The molecule has 0 unspecified atom stereocenters. The Bertz CT molecular complexity index is 228. The van der Waals surface area contributed by atoms with E-state index in [9.17, 15) is 0 Å². The summed E-state index contributed by atoms with van der Waals surface area (Å²) in [5.74, 6) is 1.69. The monoisotopic (exact) mass is 154 g/mol. The second-order valence-electron chi connectivity index (χ2n) is 2.00. The summed E-state index contributed by atoms with van der Waals surface area (Å²) in [6.45, 7) is 1.78. The molecule has 0 aliphatic heterocycles. The van der Waals surface area contributed by atoms with Gasteiger partial charge in [0.2, 0.25) is 11.8 Å². The van der Waals surface area contributed by atoms with E-state index in [0.717, 1.165) is 0 Å². The highest BCUT2D eigenvalue weighted by Gasteiger charge is 1.99. The molecule has 11 heavy (non-hydrogen) atoms. The van der Waals surface area contributed by atoms with E-state index in [1.54, 1.807) is 27.2 Å². The fourth-order valence-corrected chi connectivity index (χ4v) is 0.723. The molecule has 0 saturated carbocycles. The molecule has 0 bridgehead atoms. The predicted molar refractivity (Wildman–Crippen MR) is 39.9 cm³/mol. The second kappa shape index (κ2) is 3.18. The molecule has 0 N–H and O–H groups in total. The van der Waals surface area contributed by atoms with Crippen molar-refractivity contribution in [1.82, 2.24) is 9.97 Å². The van der Waals surface area contributed by atoms with Gasteiger partial charge in [0.05, 0.1) is 20.3 Å². The van der Waals surface area contributed by atoms with Crippen LogP contribution in [0.4, 0.5) is 0 Å². The number of rotatable bonds is 2. The van der Waals surface area contributed by atoms with Gasteiger partial charge in [-0.05, 0) is 6.92 Å². The van der Waals surface area contributed by atoms with Crippen molar-refractivity contribution in [2.45, 2.75) is 6.92 Å². The smallest absolute Gasteiger partial charge is 0.220 e. The normalized spacial score (nSPS) is 9.36. The van der Waals surface area contributed by atoms with Gasteiger partial charge >= 0.3 is 0 Å². The van der Waals surface area contributed by atoms with Crippen LogP contribution in [0, 0.1) is 6.92 Å². The number of methoxy groups -OCH3 is 2. The first kappa shape index (κ1) is 7.78. The Morgan fingerprint density at radius 1 is 1.09 bits per heavy atom. The van der Waals surface area contributed by atoms with E-state index in [4.69, 9.17) is 9.47 Å². The predicted octanol–water partition coefficient (Wildman–Crippen LogP) is 0.802. The SMILES string of the molecule is COc1cc(OC)nc(C)n1. The van der Waals surface area contributed by atoms with Gasteiger partial charge in [-0.15, -0.1) is 0 Å². The van der Waals surface area contributed by atoms with Crippen LogP contribution in [0.2, 0.25) is 0 Å². The molecule has 1 aromatic heterocycles. The summed E-state index contributed by atoms with van der Waals surface area (Å²) < 4.78 is 9.81. The fraction of sp³-hybridized carbons (Fsp3) is 0.429. The van der Waals surface area contributed by atoms with Crippen molar-refractivity contribution in [3.8, 4) is 11.8 Å². The first-order chi connectivity index (χ1) is 5.26. The topological polar surface area (TPSA) is 44.2 Å². The van der Waals surface area contributed by atoms with Crippen molar-refractivity contribution in [3.05, 3.63) is 11.9 Å². The van der Waals surface area contributed by atoms with E-state index in [1.165, 1.54) is 0 Å². The summed E-state index contributed by atoms with van der Waals surface area (Å²) in [4.78, 5) is 7.97. The molecule has 1 heterocycles. The van der Waals surface area contributed by atoms with Gasteiger partial charge in [0, 0.05) is 0 Å². The van der Waals surface area contributed by atoms with Gasteiger partial charge in [-0.2, -0.15) is 9.97 Å². The number of aryl methyl sites for hydroxylation is 1. The van der Waals surface area contributed by atoms with Gasteiger partial charge in [0.1, 0.15) is 5.82 Å². The quantitative estimate of drug-likeness (QED) is 0.632. The van der Waals surface area contributed by atoms with Crippen molar-refractivity contribution in [1.29, 1.82) is 0 Å². The molecule has 0 aliphatic rings. The van der Waals surface area contributed by atoms with Crippen molar-refractivity contribution in [2.75, 3.05) is 14.2 Å². The van der Waals surface area contributed by atoms with Crippen LogP contribution in [0.3, 0.4) is 0 Å². The first-order valence-electron chi connectivity index (χ1n) is 3.20. The highest BCUT2D eigenvalue weighted by Crippen LogP contribution is 2.13. The molecule has 0 radical (unpaired) electrons. The van der Waals surface area contributed by atoms with Gasteiger partial charge in [-0.1, -0.05) is 0 Å². The molecule has 1 aromatic rings. The lowest BCUT2D eigenvalue weighted by molar-refractivity contribution is 0.369. The Kier molecular flexibility index (Phi) is 2.25. The third-order valence-electron chi connectivity index (χ3n) is 1.21. The van der Waals surface area contributed by atoms with Gasteiger partial charge in [0.25, 0.3) is 0 Å². The molecular formula is C7H10N2O2. The zero-order valence-electron chi connectivity index (χ0n) is 6.79. The summed E-state index contributed by atoms with van der Waals surface area (Å²) in [6, 6.07) is 1.63. The van der Waals surface area contributed by atoms with E-state index in [1.807, 2.05) is 0 Å². The Morgan fingerprint density at radius 3 is 1.91 bits per heavy atom. The van der Waals surface area contributed by atoms with Crippen LogP contribution in [0.1, 0.15) is 5.82 Å². The van der Waals surface area contributed by atoms with Crippen LogP contribution in [0.15, 0.2) is 6.07 Å². The van der Waals surface area contributed by atoms with Crippen molar-refractivity contribution in [2.24, 2.45) is 0 Å². The third kappa shape index (κ3) is 1.80. The van der Waals surface area contributed by atoms with E-state index in [-0.39, 0.29) is 0 Å². The summed E-state index contributed by atoms with van der Waals surface area (Å²) in [5.41, 5.74) is 0. The van der Waals surface area contributed by atoms with E-state index < -0.39 is 0 Å². The zero-order valence-corrected chi connectivity index (χ0v) is 6.79. The minimum atomic E-state index is 0.523. The maximum atomic E-state index is 4.91. The highest BCUT2D eigenvalue weighted by molar-refractivity contribution is 5.20. The van der Waals surface area contributed by atoms with Crippen molar-refractivity contribution in [3.63, 3.8) is 0 Å². The lowest BCUT2D eigenvalue weighted by atomic mass is 10.5. The molecule has 0 fully saturated rings. The molecule has 60 valence electrons. The average molecular weight is 154 g/mol. The Morgan fingerprint density at radius 2 is 1.55 bits per heavy atom. The van der Waals surface area contributed by atoms with Crippen LogP contribution in [0.25, 0.3) is 0 Å². The molecule has 1 rings (SSSR count). The molecule has 0 amide bonds. The molecule has 0 aliphatic carbocycles. The molecule has 0 atom stereocenters. The maximum absolute atomic E-state index is 4.91. The summed E-state index contributed by atoms with van der Waals surface area (Å²) >= 11 is 0. The van der Waals surface area contributed by atoms with Gasteiger partial charge < -0.3 is 9.47 Å². The lowest BCUT2D eigenvalue weighted by Crippen LogP contribution is -1.95. The Balaban J connectivity index is 3.02. The van der Waals surface area contributed by atoms with Gasteiger partial charge in [-0.25, -0.2) is 0 Å². The maximum Gasteiger partial charge on any atom is 0.220 e. The molecule has 0 saturated heterocycles. The largest absolute Gasteiger partial charge is 0.481 e. The van der Waals surface area contributed by atoms with Gasteiger partial charge in [-0.3, -0.25) is 0 Å². The third-order valence-corrected chi connectivity index (χ3v) is 1.21. The minimum Gasteiger partial charge on any atom is -0.481 e. The highest BCUT2D eigenvalue weighted by atomic mass is 16.5. The fourth-order valence-electron chi connectivity index (χ4n) is 0.723. The average Bonchev–Trinajstić information content (AvgIpc) is 2.03. The molecule has 4 nitrogen and oxygen atoms in total. The number of hydrogen-bond donors (Lipinski definition) is 0. The molecule has 0 aromatic carbocycles. The summed E-state index contributed by atoms with van der Waals surface area (Å²) in [5, 5.41) is 0. The van der Waals surface area contributed by atoms with E-state index in [0.29, 0.717) is 17.6 Å². The zero-order chi connectivity index (χ0) is 8.27. The number of ether oxygens (including phenoxy) is 2. The number of aromatic nitrogens is 2. The first-order valence-corrected chi connectivity index (χ1v) is 3.20. The van der Waals surface area contributed by atoms with E-state index in [2.05, 4.69) is 9.97 Å². The summed E-state index contributed by atoms with van der Waals surface area (Å²) in [7, 11) is 3.11. The van der Waals surface area contributed by atoms with Crippen LogP contribution in [0.5, 0.6) is 11.8 Å². The Labute approximate surface area is 65.2 Å². The standard InChI is InChI=1S/C7H10N2O2/c1-5-8-6(10-2)4-7(9-5)11-3/h4H,1-3H3.